The number of piperidine rings is 2. The predicted molar refractivity (Wildman–Crippen MR) is 69.7 cm³/mol. The van der Waals surface area contributed by atoms with E-state index in [2.05, 4.69) is 5.32 Å². The third-order valence-corrected chi connectivity index (χ3v) is 4.04. The Morgan fingerprint density at radius 3 is 2.35 bits per heavy atom. The summed E-state index contributed by atoms with van der Waals surface area (Å²) >= 11 is 5.87. The van der Waals surface area contributed by atoms with Crippen molar-refractivity contribution in [2.24, 2.45) is 0 Å². The lowest BCUT2D eigenvalue weighted by atomic mass is 9.85. The van der Waals surface area contributed by atoms with E-state index in [4.69, 9.17) is 16.3 Å². The lowest BCUT2D eigenvalue weighted by molar-refractivity contribution is 0.0927. The molecule has 0 aromatic heterocycles. The van der Waals surface area contributed by atoms with Gasteiger partial charge < -0.3 is 10.1 Å². The van der Waals surface area contributed by atoms with E-state index in [1.807, 2.05) is 24.3 Å². The maximum absolute atomic E-state index is 6.05. The van der Waals surface area contributed by atoms with Gasteiger partial charge in [0.1, 0.15) is 11.9 Å². The van der Waals surface area contributed by atoms with Crippen LogP contribution in [0.1, 0.15) is 32.1 Å². The molecular formula is C14H18ClNO. The molecule has 2 nitrogen and oxygen atoms in total. The Bertz CT molecular complexity index is 366. The number of halogens is 1. The van der Waals surface area contributed by atoms with E-state index < -0.39 is 0 Å². The molecule has 2 aliphatic heterocycles. The predicted octanol–water partition coefficient (Wildman–Crippen LogP) is 3.39. The van der Waals surface area contributed by atoms with E-state index in [1.165, 1.54) is 19.3 Å². The van der Waals surface area contributed by atoms with Crippen LogP contribution >= 0.6 is 11.6 Å². The second-order valence-electron chi connectivity index (χ2n) is 5.16. The number of fused-ring (bicyclic) bond motifs is 2. The fourth-order valence-corrected chi connectivity index (χ4v) is 3.14. The van der Waals surface area contributed by atoms with Gasteiger partial charge in [-0.05, 0) is 49.9 Å². The van der Waals surface area contributed by atoms with Gasteiger partial charge in [0, 0.05) is 17.1 Å². The molecule has 2 saturated heterocycles. The minimum absolute atomic E-state index is 0.368. The Kier molecular flexibility index (Phi) is 3.26. The van der Waals surface area contributed by atoms with E-state index in [9.17, 15) is 0 Å². The lowest BCUT2D eigenvalue weighted by Crippen LogP contribution is -2.51. The van der Waals surface area contributed by atoms with Crippen LogP contribution in [-0.2, 0) is 0 Å². The summed E-state index contributed by atoms with van der Waals surface area (Å²) in [5.74, 6) is 0.944. The first-order chi connectivity index (χ1) is 8.29. The fraction of sp³-hybridized carbons (Fsp3) is 0.571. The Balaban J connectivity index is 1.63. The molecule has 3 rings (SSSR count). The summed E-state index contributed by atoms with van der Waals surface area (Å²) in [6.45, 7) is 0. The van der Waals surface area contributed by atoms with Gasteiger partial charge in [0.15, 0.2) is 0 Å². The van der Waals surface area contributed by atoms with Gasteiger partial charge in [0.05, 0.1) is 0 Å². The number of benzene rings is 1. The van der Waals surface area contributed by atoms with E-state index in [0.29, 0.717) is 18.2 Å². The van der Waals surface area contributed by atoms with Gasteiger partial charge >= 0.3 is 0 Å². The topological polar surface area (TPSA) is 21.3 Å². The third-order valence-electron chi connectivity index (χ3n) is 3.79. The molecule has 1 N–H and O–H groups in total. The van der Waals surface area contributed by atoms with Crippen LogP contribution in [0.4, 0.5) is 0 Å². The van der Waals surface area contributed by atoms with Crippen LogP contribution in [-0.4, -0.2) is 18.2 Å². The molecule has 0 amide bonds. The van der Waals surface area contributed by atoms with E-state index >= 15 is 0 Å². The molecule has 2 heterocycles. The summed E-state index contributed by atoms with van der Waals surface area (Å²) in [6.07, 6.45) is 6.62. The second kappa shape index (κ2) is 4.87. The van der Waals surface area contributed by atoms with Crippen LogP contribution in [0.3, 0.4) is 0 Å². The van der Waals surface area contributed by atoms with Crippen LogP contribution in [0.15, 0.2) is 24.3 Å². The maximum Gasteiger partial charge on any atom is 0.119 e. The standard InChI is InChI=1S/C14H18ClNO/c15-10-4-6-13(7-5-10)17-14-8-11-2-1-3-12(9-14)16-11/h4-7,11-12,14,16H,1-3,8-9H2/t11-,12+,14-. The second-order valence-corrected chi connectivity index (χ2v) is 5.59. The molecular weight excluding hydrogens is 234 g/mol. The van der Waals surface area contributed by atoms with Gasteiger partial charge in [0.2, 0.25) is 0 Å². The van der Waals surface area contributed by atoms with Crippen molar-refractivity contribution in [2.45, 2.75) is 50.3 Å². The molecule has 0 radical (unpaired) electrons. The summed E-state index contributed by atoms with van der Waals surface area (Å²) in [5, 5.41) is 4.44. The van der Waals surface area contributed by atoms with Gasteiger partial charge in [0.25, 0.3) is 0 Å². The van der Waals surface area contributed by atoms with Crippen LogP contribution in [0.5, 0.6) is 5.75 Å². The Labute approximate surface area is 107 Å². The van der Waals surface area contributed by atoms with Crippen LogP contribution in [0, 0.1) is 0 Å². The molecule has 0 saturated carbocycles. The third kappa shape index (κ3) is 2.75. The Hall–Kier alpha value is -0.730. The number of nitrogens with one attached hydrogen (secondary N) is 1. The monoisotopic (exact) mass is 251 g/mol. The molecule has 0 unspecified atom stereocenters. The van der Waals surface area contributed by atoms with E-state index in [0.717, 1.165) is 23.6 Å². The minimum Gasteiger partial charge on any atom is -0.490 e. The zero-order valence-electron chi connectivity index (χ0n) is 9.86. The van der Waals surface area contributed by atoms with E-state index in [-0.39, 0.29) is 0 Å². The first-order valence-corrected chi connectivity index (χ1v) is 6.85. The molecule has 2 aliphatic rings. The zero-order valence-corrected chi connectivity index (χ0v) is 10.6. The molecule has 3 heteroatoms. The Morgan fingerprint density at radius 1 is 1.06 bits per heavy atom. The van der Waals surface area contributed by atoms with Crippen molar-refractivity contribution in [3.05, 3.63) is 29.3 Å². The van der Waals surface area contributed by atoms with Gasteiger partial charge in [-0.15, -0.1) is 0 Å². The molecule has 1 aromatic rings. The van der Waals surface area contributed by atoms with Gasteiger partial charge in [-0.25, -0.2) is 0 Å². The smallest absolute Gasteiger partial charge is 0.119 e. The van der Waals surface area contributed by atoms with Gasteiger partial charge in [-0.3, -0.25) is 0 Å². The molecule has 2 fully saturated rings. The number of hydrogen-bond acceptors (Lipinski definition) is 2. The first kappa shape index (κ1) is 11.4. The average Bonchev–Trinajstić information content (AvgIpc) is 2.32. The highest BCUT2D eigenvalue weighted by molar-refractivity contribution is 6.30. The molecule has 0 aliphatic carbocycles. The number of rotatable bonds is 2. The maximum atomic E-state index is 6.05. The first-order valence-electron chi connectivity index (χ1n) is 6.48. The van der Waals surface area contributed by atoms with Gasteiger partial charge in [-0.2, -0.15) is 0 Å². The van der Waals surface area contributed by atoms with Crippen molar-refractivity contribution < 1.29 is 4.74 Å². The summed E-state index contributed by atoms with van der Waals surface area (Å²) in [5.41, 5.74) is 0. The van der Waals surface area contributed by atoms with Crippen molar-refractivity contribution in [3.63, 3.8) is 0 Å². The minimum atomic E-state index is 0.368. The zero-order chi connectivity index (χ0) is 11.7. The largest absolute Gasteiger partial charge is 0.490 e. The van der Waals surface area contributed by atoms with E-state index in [1.54, 1.807) is 0 Å². The Morgan fingerprint density at radius 2 is 1.71 bits per heavy atom. The number of hydrogen-bond donors (Lipinski definition) is 1. The fourth-order valence-electron chi connectivity index (χ4n) is 3.02. The van der Waals surface area contributed by atoms with Crippen LogP contribution < -0.4 is 10.1 Å². The molecule has 2 bridgehead atoms. The van der Waals surface area contributed by atoms with Crippen molar-refractivity contribution in [2.75, 3.05) is 0 Å². The van der Waals surface area contributed by atoms with Crippen molar-refractivity contribution >= 4 is 11.6 Å². The van der Waals surface area contributed by atoms with Crippen molar-refractivity contribution in [3.8, 4) is 5.75 Å². The summed E-state index contributed by atoms with van der Waals surface area (Å²) in [6, 6.07) is 9.03. The molecule has 17 heavy (non-hydrogen) atoms. The van der Waals surface area contributed by atoms with Crippen molar-refractivity contribution in [1.29, 1.82) is 0 Å². The van der Waals surface area contributed by atoms with Crippen LogP contribution in [0.25, 0.3) is 0 Å². The van der Waals surface area contributed by atoms with Crippen LogP contribution in [0.2, 0.25) is 5.02 Å². The summed E-state index contributed by atoms with van der Waals surface area (Å²) in [4.78, 5) is 0. The molecule has 92 valence electrons. The molecule has 1 aromatic carbocycles. The lowest BCUT2D eigenvalue weighted by Gasteiger charge is -2.40. The summed E-state index contributed by atoms with van der Waals surface area (Å²) in [7, 11) is 0. The molecule has 3 atom stereocenters. The summed E-state index contributed by atoms with van der Waals surface area (Å²) < 4.78 is 6.05. The average molecular weight is 252 g/mol. The molecule has 0 spiro atoms. The van der Waals surface area contributed by atoms with Gasteiger partial charge in [-0.1, -0.05) is 18.0 Å². The highest BCUT2D eigenvalue weighted by Crippen LogP contribution is 2.28. The quantitative estimate of drug-likeness (QED) is 0.870. The SMILES string of the molecule is Clc1ccc(O[C@@H]2C[C@H]3CCC[C@@H](C2)N3)cc1. The number of ether oxygens (including phenoxy) is 1. The highest BCUT2D eigenvalue weighted by Gasteiger charge is 2.32. The normalized spacial score (nSPS) is 32.2. The highest BCUT2D eigenvalue weighted by atomic mass is 35.5. The van der Waals surface area contributed by atoms with Crippen molar-refractivity contribution in [1.82, 2.24) is 5.32 Å².